The average Bonchev–Trinajstić information content (AvgIpc) is 3.27. The number of thiophene rings is 1. The Bertz CT molecular complexity index is 662. The van der Waals surface area contributed by atoms with Crippen molar-refractivity contribution in [3.8, 4) is 0 Å². The maximum Gasteiger partial charge on any atom is 0.377 e. The molecule has 0 unspecified atom stereocenters. The number of carbonyl (C=O) groups excluding carboxylic acids is 2. The highest BCUT2D eigenvalue weighted by Gasteiger charge is 2.24. The molecule has 0 saturated carbocycles. The summed E-state index contributed by atoms with van der Waals surface area (Å²) in [5.41, 5.74) is 6.60. The van der Waals surface area contributed by atoms with E-state index in [2.05, 4.69) is 14.6 Å². The van der Waals surface area contributed by atoms with Gasteiger partial charge in [0.1, 0.15) is 0 Å². The Balaban J connectivity index is 2.17. The number of methoxy groups -OCH3 is 2. The maximum absolute atomic E-state index is 11.6. The predicted octanol–water partition coefficient (Wildman–Crippen LogP) is 0.660. The predicted molar refractivity (Wildman–Crippen MR) is 82.9 cm³/mol. The lowest BCUT2D eigenvalue weighted by Gasteiger charge is -2.09. The van der Waals surface area contributed by atoms with Crippen molar-refractivity contribution in [2.75, 3.05) is 27.4 Å². The molecule has 1 aromatic heterocycles. The molecule has 2 rings (SSSR count). The molecule has 0 radical (unpaired) electrons. The Morgan fingerprint density at radius 2 is 2.04 bits per heavy atom. The number of amidine groups is 1. The van der Waals surface area contributed by atoms with E-state index in [0.717, 1.165) is 20.3 Å². The van der Waals surface area contributed by atoms with Crippen LogP contribution in [-0.4, -0.2) is 45.2 Å². The summed E-state index contributed by atoms with van der Waals surface area (Å²) in [7, 11) is 2.29. The number of oxime groups is 1. The van der Waals surface area contributed by atoms with Crippen LogP contribution in [0.4, 0.5) is 0 Å². The molecule has 0 atom stereocenters. The van der Waals surface area contributed by atoms with Crippen LogP contribution in [0.1, 0.15) is 16.7 Å². The van der Waals surface area contributed by atoms with E-state index in [1.165, 1.54) is 11.3 Å². The lowest BCUT2D eigenvalue weighted by atomic mass is 10.2. The van der Waals surface area contributed by atoms with Gasteiger partial charge in [0, 0.05) is 5.56 Å². The Hall–Kier alpha value is -2.43. The first-order valence-corrected chi connectivity index (χ1v) is 7.64. The zero-order chi connectivity index (χ0) is 17.5. The maximum atomic E-state index is 11.6. The molecule has 1 aromatic rings. The molecule has 130 valence electrons. The number of esters is 2. The first kappa shape index (κ1) is 17.9. The molecule has 2 heterocycles. The third-order valence-electron chi connectivity index (χ3n) is 2.88. The normalized spacial score (nSPS) is 16.1. The number of hydrogen-bond donors (Lipinski definition) is 1. The van der Waals surface area contributed by atoms with E-state index >= 15 is 0 Å². The molecule has 10 heteroatoms. The van der Waals surface area contributed by atoms with Crippen LogP contribution in [0.2, 0.25) is 0 Å². The second-order valence-corrected chi connectivity index (χ2v) is 5.29. The van der Waals surface area contributed by atoms with Crippen molar-refractivity contribution in [3.63, 3.8) is 0 Å². The molecular weight excluding hydrogens is 340 g/mol. The van der Waals surface area contributed by atoms with E-state index < -0.39 is 24.0 Å². The third kappa shape index (κ3) is 4.31. The van der Waals surface area contributed by atoms with Crippen LogP contribution in [0.25, 0.3) is 0 Å². The molecule has 1 fully saturated rings. The molecule has 0 aliphatic carbocycles. The number of nitrogens with two attached hydrogens (primary N) is 1. The lowest BCUT2D eigenvalue weighted by molar-refractivity contribution is -0.142. The van der Waals surface area contributed by atoms with Crippen molar-refractivity contribution in [2.45, 2.75) is 6.29 Å². The quantitative estimate of drug-likeness (QED) is 0.197. The highest BCUT2D eigenvalue weighted by molar-refractivity contribution is 7.12. The van der Waals surface area contributed by atoms with Crippen LogP contribution in [-0.2, 0) is 33.4 Å². The van der Waals surface area contributed by atoms with Gasteiger partial charge in [0.15, 0.2) is 12.1 Å². The summed E-state index contributed by atoms with van der Waals surface area (Å²) in [6, 6.07) is 1.80. The first-order chi connectivity index (χ1) is 11.6. The fourth-order valence-corrected chi connectivity index (χ4v) is 2.59. The van der Waals surface area contributed by atoms with Gasteiger partial charge in [-0.25, -0.2) is 9.59 Å². The molecule has 0 bridgehead atoms. The van der Waals surface area contributed by atoms with Gasteiger partial charge in [-0.1, -0.05) is 5.16 Å². The van der Waals surface area contributed by atoms with Crippen molar-refractivity contribution in [1.82, 2.24) is 0 Å². The van der Waals surface area contributed by atoms with Crippen molar-refractivity contribution in [2.24, 2.45) is 10.9 Å². The van der Waals surface area contributed by atoms with Gasteiger partial charge in [-0.2, -0.15) is 0 Å². The molecular formula is C14H16N2O7S. The van der Waals surface area contributed by atoms with Crippen molar-refractivity contribution >= 4 is 29.1 Å². The van der Waals surface area contributed by atoms with Gasteiger partial charge in [0.25, 0.3) is 0 Å². The Morgan fingerprint density at radius 1 is 1.33 bits per heavy atom. The zero-order valence-corrected chi connectivity index (χ0v) is 13.8. The van der Waals surface area contributed by atoms with Gasteiger partial charge in [-0.05, 0) is 11.4 Å². The smallest absolute Gasteiger partial charge is 0.377 e. The van der Waals surface area contributed by atoms with Crippen LogP contribution < -0.4 is 5.73 Å². The minimum absolute atomic E-state index is 0.00114. The van der Waals surface area contributed by atoms with Crippen LogP contribution in [0.3, 0.4) is 0 Å². The molecule has 1 aliphatic rings. The molecule has 1 saturated heterocycles. The van der Waals surface area contributed by atoms with Gasteiger partial charge in [0.05, 0.1) is 38.4 Å². The topological polar surface area (TPSA) is 119 Å². The van der Waals surface area contributed by atoms with Crippen LogP contribution in [0.15, 0.2) is 28.4 Å². The molecule has 0 aromatic carbocycles. The lowest BCUT2D eigenvalue weighted by Crippen LogP contribution is -2.17. The summed E-state index contributed by atoms with van der Waals surface area (Å²) in [4.78, 5) is 28.3. The van der Waals surface area contributed by atoms with E-state index in [1.54, 1.807) is 11.4 Å². The summed E-state index contributed by atoms with van der Waals surface area (Å²) in [6.07, 6.45) is 0.284. The van der Waals surface area contributed by atoms with E-state index in [0.29, 0.717) is 23.7 Å². The standard InChI is InChI=1S/C14H16N2O7S/c1-19-10(17)7-9(13(18)20-2)23-16-12(15)11-8(3-6-24-11)14-21-4-5-22-14/h3,6-7,14H,4-5H2,1-2H3,(H2,15,16). The minimum atomic E-state index is -0.897. The van der Waals surface area contributed by atoms with E-state index in [1.807, 2.05) is 0 Å². The van der Waals surface area contributed by atoms with Gasteiger partial charge in [0.2, 0.25) is 5.76 Å². The number of hydrogen-bond acceptors (Lipinski definition) is 9. The second-order valence-electron chi connectivity index (χ2n) is 4.37. The Morgan fingerprint density at radius 3 is 2.67 bits per heavy atom. The number of rotatable bonds is 6. The monoisotopic (exact) mass is 356 g/mol. The second kappa shape index (κ2) is 8.43. The van der Waals surface area contributed by atoms with Crippen molar-refractivity contribution < 1.29 is 33.4 Å². The molecule has 9 nitrogen and oxygen atoms in total. The minimum Gasteiger partial charge on any atom is -0.466 e. The van der Waals surface area contributed by atoms with Crippen LogP contribution >= 0.6 is 11.3 Å². The molecule has 2 N–H and O–H groups in total. The third-order valence-corrected chi connectivity index (χ3v) is 3.84. The molecule has 0 spiro atoms. The number of ether oxygens (including phenoxy) is 4. The zero-order valence-electron chi connectivity index (χ0n) is 13.0. The summed E-state index contributed by atoms with van der Waals surface area (Å²) < 4.78 is 19.8. The van der Waals surface area contributed by atoms with Crippen molar-refractivity contribution in [1.29, 1.82) is 0 Å². The first-order valence-electron chi connectivity index (χ1n) is 6.76. The largest absolute Gasteiger partial charge is 0.466 e. The van der Waals surface area contributed by atoms with Crippen molar-refractivity contribution in [3.05, 3.63) is 33.7 Å². The van der Waals surface area contributed by atoms with E-state index in [4.69, 9.17) is 20.0 Å². The fraction of sp³-hybridized carbons (Fsp3) is 0.357. The number of carbonyl (C=O) groups is 2. The van der Waals surface area contributed by atoms with Crippen LogP contribution in [0.5, 0.6) is 0 Å². The molecule has 24 heavy (non-hydrogen) atoms. The van der Waals surface area contributed by atoms with Gasteiger partial charge < -0.3 is 29.5 Å². The Labute approximate surface area is 141 Å². The SMILES string of the molecule is COC(=O)C=C(ON=C(N)c1sccc1C1OCCO1)C(=O)OC. The molecule has 1 aliphatic heterocycles. The van der Waals surface area contributed by atoms with E-state index in [-0.39, 0.29) is 5.84 Å². The van der Waals surface area contributed by atoms with E-state index in [9.17, 15) is 9.59 Å². The van der Waals surface area contributed by atoms with Gasteiger partial charge in [-0.3, -0.25) is 0 Å². The average molecular weight is 356 g/mol. The van der Waals surface area contributed by atoms with Gasteiger partial charge in [-0.15, -0.1) is 11.3 Å². The Kier molecular flexibility index (Phi) is 6.29. The molecule has 0 amide bonds. The fourth-order valence-electron chi connectivity index (χ4n) is 1.78. The summed E-state index contributed by atoms with van der Waals surface area (Å²) >= 11 is 1.31. The van der Waals surface area contributed by atoms with Crippen LogP contribution in [0, 0.1) is 0 Å². The number of nitrogens with zero attached hydrogens (tertiary/aromatic N) is 1. The summed E-state index contributed by atoms with van der Waals surface area (Å²) in [5.74, 6) is -2.16. The highest BCUT2D eigenvalue weighted by atomic mass is 32.1. The summed E-state index contributed by atoms with van der Waals surface area (Å²) in [6.45, 7) is 0.976. The highest BCUT2D eigenvalue weighted by Crippen LogP contribution is 2.29. The van der Waals surface area contributed by atoms with Gasteiger partial charge >= 0.3 is 11.9 Å². The summed E-state index contributed by atoms with van der Waals surface area (Å²) in [5, 5.41) is 5.47.